The number of amides is 1. The number of carbonyl (C=O) groups is 1. The maximum absolute atomic E-state index is 12.7. The predicted octanol–water partition coefficient (Wildman–Crippen LogP) is 4.61. The molecule has 0 unspecified atom stereocenters. The van der Waals surface area contributed by atoms with Gasteiger partial charge in [-0.25, -0.2) is 4.98 Å². The van der Waals surface area contributed by atoms with Crippen molar-refractivity contribution in [1.29, 1.82) is 0 Å². The van der Waals surface area contributed by atoms with Gasteiger partial charge in [-0.2, -0.15) is 0 Å². The molecule has 2 N–H and O–H groups in total. The van der Waals surface area contributed by atoms with E-state index in [1.54, 1.807) is 12.1 Å². The summed E-state index contributed by atoms with van der Waals surface area (Å²) in [6.45, 7) is 3.68. The van der Waals surface area contributed by atoms with Gasteiger partial charge in [-0.1, -0.05) is 41.9 Å². The molecule has 3 aromatic rings. The molecular weight excluding hydrogens is 338 g/mol. The largest absolute Gasteiger partial charge is 0.495 e. The van der Waals surface area contributed by atoms with Crippen LogP contribution in [0.5, 0.6) is 5.75 Å². The molecule has 1 heterocycles. The molecule has 6 heteroatoms. The normalized spacial score (nSPS) is 10.6. The van der Waals surface area contributed by atoms with Gasteiger partial charge < -0.3 is 15.0 Å². The van der Waals surface area contributed by atoms with Gasteiger partial charge in [0.25, 0.3) is 5.91 Å². The van der Waals surface area contributed by atoms with E-state index >= 15 is 0 Å². The molecule has 0 fully saturated rings. The Morgan fingerprint density at radius 1 is 1.20 bits per heavy atom. The van der Waals surface area contributed by atoms with Crippen molar-refractivity contribution >= 4 is 23.2 Å². The highest BCUT2D eigenvalue weighted by Gasteiger charge is 2.18. The summed E-state index contributed by atoms with van der Waals surface area (Å²) in [4.78, 5) is 20.3. The first-order valence-corrected chi connectivity index (χ1v) is 8.15. The fraction of sp³-hybridized carbons (Fsp3) is 0.158. The molecule has 1 amide bonds. The first-order chi connectivity index (χ1) is 12.0. The molecule has 2 aromatic carbocycles. The van der Waals surface area contributed by atoms with Crippen LogP contribution in [0.2, 0.25) is 5.02 Å². The minimum atomic E-state index is -0.309. The van der Waals surface area contributed by atoms with E-state index < -0.39 is 0 Å². The maximum atomic E-state index is 12.7. The second-order valence-electron chi connectivity index (χ2n) is 5.68. The monoisotopic (exact) mass is 355 g/mol. The molecule has 0 atom stereocenters. The number of hydrogen-bond donors (Lipinski definition) is 2. The highest BCUT2D eigenvalue weighted by molar-refractivity contribution is 6.31. The first kappa shape index (κ1) is 17.0. The number of nitrogens with zero attached hydrogens (tertiary/aromatic N) is 1. The zero-order chi connectivity index (χ0) is 18.0. The van der Waals surface area contributed by atoms with Crippen LogP contribution < -0.4 is 10.1 Å². The second kappa shape index (κ2) is 6.99. The number of rotatable bonds is 4. The van der Waals surface area contributed by atoms with Gasteiger partial charge in [0, 0.05) is 22.3 Å². The third kappa shape index (κ3) is 3.51. The highest BCUT2D eigenvalue weighted by Crippen LogP contribution is 2.31. The first-order valence-electron chi connectivity index (χ1n) is 7.77. The number of hydrogen-bond acceptors (Lipinski definition) is 3. The number of halogens is 1. The standard InChI is InChI=1S/C19H18ClN3O2/c1-11-9-15(16(25-3)10-14(11)20)22-19(24)17-12(2)21-18(23-17)13-7-5-4-6-8-13/h4-10H,1-3H3,(H,21,23)(H,22,24). The Bertz CT molecular complexity index is 920. The number of H-pyrrole nitrogens is 1. The number of carbonyl (C=O) groups excluding carboxylic acids is 1. The van der Waals surface area contributed by atoms with E-state index in [4.69, 9.17) is 16.3 Å². The number of anilines is 1. The maximum Gasteiger partial charge on any atom is 0.276 e. The summed E-state index contributed by atoms with van der Waals surface area (Å²) < 4.78 is 5.30. The number of aromatic amines is 1. The van der Waals surface area contributed by atoms with Crippen LogP contribution in [0.1, 0.15) is 21.7 Å². The third-order valence-corrected chi connectivity index (χ3v) is 4.28. The Labute approximate surface area is 151 Å². The van der Waals surface area contributed by atoms with Crippen molar-refractivity contribution in [1.82, 2.24) is 9.97 Å². The Kier molecular flexibility index (Phi) is 4.76. The van der Waals surface area contributed by atoms with E-state index in [0.29, 0.717) is 33.7 Å². The van der Waals surface area contributed by atoms with Crippen molar-refractivity contribution < 1.29 is 9.53 Å². The van der Waals surface area contributed by atoms with Crippen molar-refractivity contribution in [3.63, 3.8) is 0 Å². The smallest absolute Gasteiger partial charge is 0.276 e. The SMILES string of the molecule is COc1cc(Cl)c(C)cc1NC(=O)c1nc(-c2ccccc2)[nH]c1C. The van der Waals surface area contributed by atoms with Crippen LogP contribution in [0.4, 0.5) is 5.69 Å². The molecular formula is C19H18ClN3O2. The molecule has 0 aliphatic carbocycles. The van der Waals surface area contributed by atoms with Crippen LogP contribution >= 0.6 is 11.6 Å². The van der Waals surface area contributed by atoms with E-state index in [1.807, 2.05) is 44.2 Å². The van der Waals surface area contributed by atoms with Crippen LogP contribution in [-0.4, -0.2) is 23.0 Å². The molecule has 0 saturated carbocycles. The molecule has 25 heavy (non-hydrogen) atoms. The van der Waals surface area contributed by atoms with Crippen molar-refractivity contribution in [3.8, 4) is 17.1 Å². The number of ether oxygens (including phenoxy) is 1. The van der Waals surface area contributed by atoms with Gasteiger partial charge in [0.2, 0.25) is 0 Å². The molecule has 0 spiro atoms. The molecule has 0 saturated heterocycles. The summed E-state index contributed by atoms with van der Waals surface area (Å²) in [5, 5.41) is 3.43. The van der Waals surface area contributed by atoms with Gasteiger partial charge in [0.1, 0.15) is 17.3 Å². The lowest BCUT2D eigenvalue weighted by Crippen LogP contribution is -2.14. The molecule has 128 valence electrons. The summed E-state index contributed by atoms with van der Waals surface area (Å²) in [5.41, 5.74) is 3.36. The molecule has 5 nitrogen and oxygen atoms in total. The number of aromatic nitrogens is 2. The molecule has 0 bridgehead atoms. The third-order valence-electron chi connectivity index (χ3n) is 3.88. The minimum absolute atomic E-state index is 0.309. The van der Waals surface area contributed by atoms with Crippen LogP contribution in [-0.2, 0) is 0 Å². The van der Waals surface area contributed by atoms with Gasteiger partial charge in [0.05, 0.1) is 12.8 Å². The van der Waals surface area contributed by atoms with E-state index in [1.165, 1.54) is 7.11 Å². The average molecular weight is 356 g/mol. The lowest BCUT2D eigenvalue weighted by molar-refractivity contribution is 0.102. The lowest BCUT2D eigenvalue weighted by atomic mass is 10.2. The van der Waals surface area contributed by atoms with Crippen LogP contribution in [0.3, 0.4) is 0 Å². The van der Waals surface area contributed by atoms with Gasteiger partial charge in [-0.3, -0.25) is 4.79 Å². The quantitative estimate of drug-likeness (QED) is 0.718. The van der Waals surface area contributed by atoms with Crippen molar-refractivity contribution in [2.45, 2.75) is 13.8 Å². The van der Waals surface area contributed by atoms with Gasteiger partial charge >= 0.3 is 0 Å². The molecule has 1 aromatic heterocycles. The number of benzene rings is 2. The van der Waals surface area contributed by atoms with Crippen LogP contribution in [0.25, 0.3) is 11.4 Å². The fourth-order valence-electron chi connectivity index (χ4n) is 2.53. The van der Waals surface area contributed by atoms with Gasteiger partial charge in [0.15, 0.2) is 0 Å². The Morgan fingerprint density at radius 3 is 2.60 bits per heavy atom. The van der Waals surface area contributed by atoms with E-state index in [2.05, 4.69) is 15.3 Å². The Hall–Kier alpha value is -2.79. The van der Waals surface area contributed by atoms with Gasteiger partial charge in [-0.05, 0) is 25.5 Å². The minimum Gasteiger partial charge on any atom is -0.495 e. The summed E-state index contributed by atoms with van der Waals surface area (Å²) in [7, 11) is 1.53. The van der Waals surface area contributed by atoms with Crippen molar-refractivity contribution in [2.75, 3.05) is 12.4 Å². The number of aryl methyl sites for hydroxylation is 2. The second-order valence-corrected chi connectivity index (χ2v) is 6.09. The van der Waals surface area contributed by atoms with Crippen LogP contribution in [0, 0.1) is 13.8 Å². The predicted molar refractivity (Wildman–Crippen MR) is 99.5 cm³/mol. The van der Waals surface area contributed by atoms with Gasteiger partial charge in [-0.15, -0.1) is 0 Å². The molecule has 3 rings (SSSR count). The Balaban J connectivity index is 1.90. The Morgan fingerprint density at radius 2 is 1.92 bits per heavy atom. The average Bonchev–Trinajstić information content (AvgIpc) is 3.00. The molecule has 0 radical (unpaired) electrons. The van der Waals surface area contributed by atoms with E-state index in [9.17, 15) is 4.79 Å². The summed E-state index contributed by atoms with van der Waals surface area (Å²) in [6, 6.07) is 13.1. The van der Waals surface area contributed by atoms with E-state index in [0.717, 1.165) is 11.1 Å². The lowest BCUT2D eigenvalue weighted by Gasteiger charge is -2.11. The van der Waals surface area contributed by atoms with Crippen molar-refractivity contribution in [3.05, 3.63) is 64.4 Å². The zero-order valence-corrected chi connectivity index (χ0v) is 14.9. The van der Waals surface area contributed by atoms with Crippen molar-refractivity contribution in [2.24, 2.45) is 0 Å². The number of nitrogens with one attached hydrogen (secondary N) is 2. The number of imidazole rings is 1. The van der Waals surface area contributed by atoms with E-state index in [-0.39, 0.29) is 5.91 Å². The summed E-state index contributed by atoms with van der Waals surface area (Å²) in [5.74, 6) is 0.846. The summed E-state index contributed by atoms with van der Waals surface area (Å²) >= 11 is 6.10. The molecule has 0 aliphatic heterocycles. The summed E-state index contributed by atoms with van der Waals surface area (Å²) in [6.07, 6.45) is 0. The topological polar surface area (TPSA) is 67.0 Å². The van der Waals surface area contributed by atoms with Crippen LogP contribution in [0.15, 0.2) is 42.5 Å². The zero-order valence-electron chi connectivity index (χ0n) is 14.2. The highest BCUT2D eigenvalue weighted by atomic mass is 35.5. The number of methoxy groups -OCH3 is 1. The molecule has 0 aliphatic rings. The fourth-order valence-corrected chi connectivity index (χ4v) is 2.68.